The van der Waals surface area contributed by atoms with Gasteiger partial charge in [0.05, 0.1) is 19.3 Å². The Balaban J connectivity index is 2.04. The summed E-state index contributed by atoms with van der Waals surface area (Å²) in [6, 6.07) is 0. The molecule has 4 atom stereocenters. The molecule has 11 heavy (non-hydrogen) atoms. The van der Waals surface area contributed by atoms with Crippen LogP contribution >= 0.6 is 0 Å². The summed E-state index contributed by atoms with van der Waals surface area (Å²) in [5.41, 5.74) is 0. The van der Waals surface area contributed by atoms with Gasteiger partial charge in [-0.05, 0) is 0 Å². The third-order valence-corrected chi connectivity index (χ3v) is 2.16. The van der Waals surface area contributed by atoms with E-state index in [2.05, 4.69) is 4.65 Å². The van der Waals surface area contributed by atoms with Crippen molar-refractivity contribution in [1.29, 1.82) is 0 Å². The number of hydrogen-bond acceptors (Lipinski definition) is 4. The van der Waals surface area contributed by atoms with E-state index in [4.69, 9.17) is 17.5 Å². The minimum atomic E-state index is -0.528. The third kappa shape index (κ3) is 1.08. The molecule has 2 fully saturated rings. The van der Waals surface area contributed by atoms with E-state index in [0.717, 1.165) is 0 Å². The third-order valence-electron chi connectivity index (χ3n) is 2.16. The molecule has 0 aromatic carbocycles. The van der Waals surface area contributed by atoms with E-state index >= 15 is 0 Å². The van der Waals surface area contributed by atoms with E-state index in [1.165, 1.54) is 0 Å². The first kappa shape index (κ1) is 7.55. The van der Waals surface area contributed by atoms with Crippen molar-refractivity contribution in [3.05, 3.63) is 0 Å². The molecule has 0 spiro atoms. The molecule has 0 unspecified atom stereocenters. The average Bonchev–Trinajstić information content (AvgIpc) is 2.53. The predicted molar refractivity (Wildman–Crippen MR) is 36.1 cm³/mol. The number of aliphatic hydroxyl groups excluding tert-OH is 1. The summed E-state index contributed by atoms with van der Waals surface area (Å²) < 4.78 is 15.0. The molecule has 2 heterocycles. The molecular formula is C6H9BO4. The summed E-state index contributed by atoms with van der Waals surface area (Å²) in [6.07, 6.45) is -1.18. The van der Waals surface area contributed by atoms with Gasteiger partial charge >= 0.3 is 0 Å². The minimum absolute atomic E-state index is 0.185. The van der Waals surface area contributed by atoms with Gasteiger partial charge in [-0.3, -0.25) is 0 Å². The zero-order chi connectivity index (χ0) is 7.84. The summed E-state index contributed by atoms with van der Waals surface area (Å²) in [5, 5.41) is 9.27. The van der Waals surface area contributed by atoms with Gasteiger partial charge < -0.3 is 19.2 Å². The van der Waals surface area contributed by atoms with Crippen molar-refractivity contribution < 1.29 is 19.2 Å². The van der Waals surface area contributed by atoms with Crippen molar-refractivity contribution >= 4 is 8.05 Å². The molecule has 0 aromatic heterocycles. The number of hydrogen-bond donors (Lipinski definition) is 1. The molecule has 2 aliphatic rings. The van der Waals surface area contributed by atoms with Crippen LogP contribution in [0.2, 0.25) is 0 Å². The highest BCUT2D eigenvalue weighted by Gasteiger charge is 2.46. The van der Waals surface area contributed by atoms with Crippen LogP contribution < -0.4 is 0 Å². The van der Waals surface area contributed by atoms with Crippen LogP contribution in [-0.4, -0.2) is 50.8 Å². The lowest BCUT2D eigenvalue weighted by atomic mass is 10.1. The molecule has 0 amide bonds. The zero-order valence-corrected chi connectivity index (χ0v) is 5.97. The molecule has 0 aliphatic carbocycles. The first-order valence-electron chi connectivity index (χ1n) is 3.59. The lowest BCUT2D eigenvalue weighted by Gasteiger charge is -2.13. The Bertz CT molecular complexity index is 154. The lowest BCUT2D eigenvalue weighted by Crippen LogP contribution is -2.32. The molecule has 2 rings (SSSR count). The first-order valence-corrected chi connectivity index (χ1v) is 3.59. The summed E-state index contributed by atoms with van der Waals surface area (Å²) in [6.45, 7) is 0.720. The summed E-state index contributed by atoms with van der Waals surface area (Å²) in [5.74, 6) is 0. The quantitative estimate of drug-likeness (QED) is 0.475. The van der Waals surface area contributed by atoms with Crippen molar-refractivity contribution in [1.82, 2.24) is 0 Å². The van der Waals surface area contributed by atoms with Gasteiger partial charge in [0.1, 0.15) is 18.3 Å². The molecule has 5 heteroatoms. The Kier molecular flexibility index (Phi) is 1.89. The fourth-order valence-corrected chi connectivity index (χ4v) is 1.56. The average molecular weight is 156 g/mol. The zero-order valence-electron chi connectivity index (χ0n) is 5.97. The van der Waals surface area contributed by atoms with Crippen LogP contribution in [0.3, 0.4) is 0 Å². The maximum absolute atomic E-state index is 9.27. The predicted octanol–water partition coefficient (Wildman–Crippen LogP) is -1.39. The summed E-state index contributed by atoms with van der Waals surface area (Å²) in [7, 11) is 4.99. The molecule has 4 nitrogen and oxygen atoms in total. The van der Waals surface area contributed by atoms with Crippen molar-refractivity contribution in [3.8, 4) is 0 Å². The van der Waals surface area contributed by atoms with Gasteiger partial charge in [-0.1, -0.05) is 0 Å². The molecule has 60 valence electrons. The van der Waals surface area contributed by atoms with Crippen LogP contribution in [0.1, 0.15) is 0 Å². The van der Waals surface area contributed by atoms with Crippen LogP contribution in [0.25, 0.3) is 0 Å². The molecule has 0 bridgehead atoms. The standard InChI is InChI=1S/C6H9BO4/c7-11-4-2-10-5-3(8)1-9-6(4)5/h3-6,8H,1-2H2/t3-,4+,5+,6+/m0/s1. The molecule has 2 aliphatic heterocycles. The molecule has 2 saturated heterocycles. The SMILES string of the molecule is [B]O[C@@H]1CO[C@H]2[C@@H]1OC[C@@H]2O. The van der Waals surface area contributed by atoms with E-state index in [1.807, 2.05) is 0 Å². The van der Waals surface area contributed by atoms with Gasteiger partial charge in [0.25, 0.3) is 8.05 Å². The first-order chi connectivity index (χ1) is 5.33. The van der Waals surface area contributed by atoms with Crippen molar-refractivity contribution in [3.63, 3.8) is 0 Å². The van der Waals surface area contributed by atoms with E-state index in [0.29, 0.717) is 13.2 Å². The number of rotatable bonds is 1. The normalized spacial score (nSPS) is 49.5. The highest BCUT2D eigenvalue weighted by atomic mass is 16.6. The summed E-state index contributed by atoms with van der Waals surface area (Å²) in [4.78, 5) is 0. The molecule has 0 aromatic rings. The van der Waals surface area contributed by atoms with Crippen LogP contribution in [0, 0.1) is 0 Å². The van der Waals surface area contributed by atoms with E-state index < -0.39 is 6.10 Å². The smallest absolute Gasteiger partial charge is 0.283 e. The van der Waals surface area contributed by atoms with Gasteiger partial charge in [0.15, 0.2) is 0 Å². The van der Waals surface area contributed by atoms with Crippen LogP contribution in [-0.2, 0) is 14.1 Å². The monoisotopic (exact) mass is 156 g/mol. The van der Waals surface area contributed by atoms with Crippen molar-refractivity contribution in [2.24, 2.45) is 0 Å². The summed E-state index contributed by atoms with van der Waals surface area (Å²) >= 11 is 0. The maximum Gasteiger partial charge on any atom is 0.283 e. The van der Waals surface area contributed by atoms with Crippen molar-refractivity contribution in [2.45, 2.75) is 24.4 Å². The van der Waals surface area contributed by atoms with Crippen LogP contribution in [0.5, 0.6) is 0 Å². The van der Waals surface area contributed by atoms with Crippen LogP contribution in [0.15, 0.2) is 0 Å². The Hall–Kier alpha value is -0.0951. The lowest BCUT2D eigenvalue weighted by molar-refractivity contribution is 0.0100. The molecule has 0 saturated carbocycles. The van der Waals surface area contributed by atoms with E-state index in [1.54, 1.807) is 0 Å². The van der Waals surface area contributed by atoms with E-state index in [9.17, 15) is 5.11 Å². The molecule has 1 N–H and O–H groups in total. The van der Waals surface area contributed by atoms with Gasteiger partial charge in [0, 0.05) is 0 Å². The second kappa shape index (κ2) is 2.75. The number of aliphatic hydroxyl groups is 1. The number of fused-ring (bicyclic) bond motifs is 1. The maximum atomic E-state index is 9.27. The van der Waals surface area contributed by atoms with E-state index in [-0.39, 0.29) is 18.3 Å². The second-order valence-corrected chi connectivity index (χ2v) is 2.84. The Labute approximate surface area is 65.9 Å². The minimum Gasteiger partial charge on any atom is -0.440 e. The molecule has 2 radical (unpaired) electrons. The highest BCUT2D eigenvalue weighted by molar-refractivity contribution is 5.98. The highest BCUT2D eigenvalue weighted by Crippen LogP contribution is 2.27. The fourth-order valence-electron chi connectivity index (χ4n) is 1.56. The Morgan fingerprint density at radius 3 is 2.73 bits per heavy atom. The largest absolute Gasteiger partial charge is 0.440 e. The molecular weight excluding hydrogens is 147 g/mol. The van der Waals surface area contributed by atoms with Gasteiger partial charge in [-0.15, -0.1) is 0 Å². The topological polar surface area (TPSA) is 47.9 Å². The van der Waals surface area contributed by atoms with Crippen LogP contribution in [0.4, 0.5) is 0 Å². The Morgan fingerprint density at radius 2 is 2.00 bits per heavy atom. The Morgan fingerprint density at radius 1 is 1.27 bits per heavy atom. The second-order valence-electron chi connectivity index (χ2n) is 2.84. The fraction of sp³-hybridized carbons (Fsp3) is 1.00. The number of ether oxygens (including phenoxy) is 2. The van der Waals surface area contributed by atoms with Gasteiger partial charge in [-0.25, -0.2) is 0 Å². The van der Waals surface area contributed by atoms with Gasteiger partial charge in [0.2, 0.25) is 0 Å². The van der Waals surface area contributed by atoms with Gasteiger partial charge in [-0.2, -0.15) is 0 Å². The van der Waals surface area contributed by atoms with Crippen molar-refractivity contribution in [2.75, 3.05) is 13.2 Å².